The predicted molar refractivity (Wildman–Crippen MR) is 60.7 cm³/mol. The summed E-state index contributed by atoms with van der Waals surface area (Å²) in [6.45, 7) is 2.49. The van der Waals surface area contributed by atoms with Crippen LogP contribution in [0, 0.1) is 11.8 Å². The quantitative estimate of drug-likeness (QED) is 0.759. The van der Waals surface area contributed by atoms with Crippen LogP contribution in [0.2, 0.25) is 0 Å². The standard InChI is InChI=1S/C13H24O2/c1-10-5-8-12(9-14)15-13(10)4-2-3-11-6-7-11/h10-14H,2-9H2,1H3. The van der Waals surface area contributed by atoms with Gasteiger partial charge >= 0.3 is 0 Å². The van der Waals surface area contributed by atoms with E-state index in [0.29, 0.717) is 12.0 Å². The molecule has 15 heavy (non-hydrogen) atoms. The van der Waals surface area contributed by atoms with Crippen LogP contribution in [0.3, 0.4) is 0 Å². The van der Waals surface area contributed by atoms with Crippen molar-refractivity contribution in [2.45, 2.75) is 64.1 Å². The van der Waals surface area contributed by atoms with Crippen molar-refractivity contribution in [1.82, 2.24) is 0 Å². The maximum atomic E-state index is 9.09. The van der Waals surface area contributed by atoms with E-state index in [4.69, 9.17) is 9.84 Å². The third-order valence-corrected chi connectivity index (χ3v) is 3.95. The van der Waals surface area contributed by atoms with Gasteiger partial charge in [0.1, 0.15) is 0 Å². The molecule has 2 aliphatic rings. The summed E-state index contributed by atoms with van der Waals surface area (Å²) in [4.78, 5) is 0. The van der Waals surface area contributed by atoms with Crippen LogP contribution in [0.5, 0.6) is 0 Å². The summed E-state index contributed by atoms with van der Waals surface area (Å²) in [5.41, 5.74) is 0. The Kier molecular flexibility index (Phi) is 4.04. The van der Waals surface area contributed by atoms with Crippen LogP contribution < -0.4 is 0 Å². The van der Waals surface area contributed by atoms with E-state index >= 15 is 0 Å². The Bertz CT molecular complexity index is 189. The molecule has 1 heterocycles. The van der Waals surface area contributed by atoms with Crippen molar-refractivity contribution >= 4 is 0 Å². The molecule has 0 radical (unpaired) electrons. The molecular formula is C13H24O2. The van der Waals surface area contributed by atoms with Gasteiger partial charge in [0.25, 0.3) is 0 Å². The van der Waals surface area contributed by atoms with Crippen LogP contribution in [0.15, 0.2) is 0 Å². The smallest absolute Gasteiger partial charge is 0.0809 e. The van der Waals surface area contributed by atoms with Gasteiger partial charge in [0.05, 0.1) is 18.8 Å². The Balaban J connectivity index is 1.67. The maximum absolute atomic E-state index is 9.09. The molecule has 0 spiro atoms. The molecule has 1 N–H and O–H groups in total. The summed E-state index contributed by atoms with van der Waals surface area (Å²) >= 11 is 0. The minimum absolute atomic E-state index is 0.118. The van der Waals surface area contributed by atoms with E-state index in [0.717, 1.165) is 12.3 Å². The molecule has 88 valence electrons. The molecule has 2 fully saturated rings. The van der Waals surface area contributed by atoms with Gasteiger partial charge in [0.15, 0.2) is 0 Å². The van der Waals surface area contributed by atoms with Crippen molar-refractivity contribution in [1.29, 1.82) is 0 Å². The Hall–Kier alpha value is -0.0800. The molecule has 0 bridgehead atoms. The molecule has 0 aromatic heterocycles. The highest BCUT2D eigenvalue weighted by atomic mass is 16.5. The second kappa shape index (κ2) is 5.31. The lowest BCUT2D eigenvalue weighted by atomic mass is 9.90. The van der Waals surface area contributed by atoms with Gasteiger partial charge in [-0.15, -0.1) is 0 Å². The van der Waals surface area contributed by atoms with Crippen molar-refractivity contribution in [3.8, 4) is 0 Å². The van der Waals surface area contributed by atoms with Crippen molar-refractivity contribution in [3.63, 3.8) is 0 Å². The lowest BCUT2D eigenvalue weighted by molar-refractivity contribution is -0.100. The molecule has 2 rings (SSSR count). The van der Waals surface area contributed by atoms with E-state index in [1.807, 2.05) is 0 Å². The molecule has 3 unspecified atom stereocenters. The van der Waals surface area contributed by atoms with Gasteiger partial charge in [-0.05, 0) is 31.1 Å². The lowest BCUT2D eigenvalue weighted by Gasteiger charge is -2.34. The summed E-state index contributed by atoms with van der Waals surface area (Å²) < 4.78 is 5.90. The Morgan fingerprint density at radius 1 is 1.13 bits per heavy atom. The summed E-state index contributed by atoms with van der Waals surface area (Å²) in [6.07, 6.45) is 9.63. The normalized spacial score (nSPS) is 36.8. The van der Waals surface area contributed by atoms with Crippen molar-refractivity contribution in [3.05, 3.63) is 0 Å². The largest absolute Gasteiger partial charge is 0.394 e. The molecule has 3 atom stereocenters. The maximum Gasteiger partial charge on any atom is 0.0809 e. The zero-order valence-electron chi connectivity index (χ0n) is 9.82. The third-order valence-electron chi connectivity index (χ3n) is 3.95. The lowest BCUT2D eigenvalue weighted by Crippen LogP contribution is -2.35. The van der Waals surface area contributed by atoms with Gasteiger partial charge in [-0.3, -0.25) is 0 Å². The molecule has 2 heteroatoms. The number of hydrogen-bond acceptors (Lipinski definition) is 2. The molecule has 0 aromatic carbocycles. The SMILES string of the molecule is CC1CCC(CO)OC1CCCC1CC1. The van der Waals surface area contributed by atoms with Gasteiger partial charge in [-0.1, -0.05) is 32.6 Å². The average Bonchev–Trinajstić information content (AvgIpc) is 3.05. The minimum atomic E-state index is 0.118. The average molecular weight is 212 g/mol. The topological polar surface area (TPSA) is 29.5 Å². The summed E-state index contributed by atoms with van der Waals surface area (Å²) in [6, 6.07) is 0. The summed E-state index contributed by atoms with van der Waals surface area (Å²) in [5, 5.41) is 9.09. The molecule has 1 saturated heterocycles. The monoisotopic (exact) mass is 212 g/mol. The fourth-order valence-electron chi connectivity index (χ4n) is 2.59. The second-order valence-corrected chi connectivity index (χ2v) is 5.41. The van der Waals surface area contributed by atoms with E-state index in [1.165, 1.54) is 38.5 Å². The van der Waals surface area contributed by atoms with Crippen LogP contribution >= 0.6 is 0 Å². The molecule has 0 amide bonds. The van der Waals surface area contributed by atoms with E-state index in [-0.39, 0.29) is 12.7 Å². The van der Waals surface area contributed by atoms with Crippen molar-refractivity contribution in [2.24, 2.45) is 11.8 Å². The predicted octanol–water partition coefficient (Wildman–Crippen LogP) is 2.74. The highest BCUT2D eigenvalue weighted by Gasteiger charge is 2.28. The van der Waals surface area contributed by atoms with Gasteiger partial charge in [0, 0.05) is 0 Å². The van der Waals surface area contributed by atoms with E-state index in [9.17, 15) is 0 Å². The fraction of sp³-hybridized carbons (Fsp3) is 1.00. The highest BCUT2D eigenvalue weighted by molar-refractivity contribution is 4.78. The number of rotatable bonds is 5. The van der Waals surface area contributed by atoms with Crippen LogP contribution in [-0.2, 0) is 4.74 Å². The molecule has 1 aliphatic carbocycles. The zero-order valence-corrected chi connectivity index (χ0v) is 9.82. The van der Waals surface area contributed by atoms with E-state index < -0.39 is 0 Å². The van der Waals surface area contributed by atoms with Gasteiger partial charge in [0.2, 0.25) is 0 Å². The van der Waals surface area contributed by atoms with Crippen molar-refractivity contribution < 1.29 is 9.84 Å². The van der Waals surface area contributed by atoms with Crippen LogP contribution in [0.1, 0.15) is 51.9 Å². The number of aliphatic hydroxyl groups excluding tert-OH is 1. The molecule has 1 aliphatic heterocycles. The minimum Gasteiger partial charge on any atom is -0.394 e. The highest BCUT2D eigenvalue weighted by Crippen LogP contribution is 2.35. The Labute approximate surface area is 93.0 Å². The fourth-order valence-corrected chi connectivity index (χ4v) is 2.59. The number of hydrogen-bond donors (Lipinski definition) is 1. The molecule has 1 saturated carbocycles. The first kappa shape index (κ1) is 11.4. The first-order valence-corrected chi connectivity index (χ1v) is 6.56. The van der Waals surface area contributed by atoms with E-state index in [1.54, 1.807) is 0 Å². The van der Waals surface area contributed by atoms with E-state index in [2.05, 4.69) is 6.92 Å². The third kappa shape index (κ3) is 3.46. The van der Waals surface area contributed by atoms with Gasteiger partial charge in [-0.25, -0.2) is 0 Å². The van der Waals surface area contributed by atoms with Gasteiger partial charge in [-0.2, -0.15) is 0 Å². The van der Waals surface area contributed by atoms with Gasteiger partial charge < -0.3 is 9.84 Å². The van der Waals surface area contributed by atoms with Crippen LogP contribution in [0.25, 0.3) is 0 Å². The molecule has 2 nitrogen and oxygen atoms in total. The summed E-state index contributed by atoms with van der Waals surface area (Å²) in [7, 11) is 0. The van der Waals surface area contributed by atoms with Crippen molar-refractivity contribution in [2.75, 3.05) is 6.61 Å². The zero-order chi connectivity index (χ0) is 10.7. The molecule has 0 aromatic rings. The first-order chi connectivity index (χ1) is 7.29. The number of ether oxygens (including phenoxy) is 1. The van der Waals surface area contributed by atoms with Crippen LogP contribution in [0.4, 0.5) is 0 Å². The number of aliphatic hydroxyl groups is 1. The molecular weight excluding hydrogens is 188 g/mol. The second-order valence-electron chi connectivity index (χ2n) is 5.41. The Morgan fingerprint density at radius 3 is 2.60 bits per heavy atom. The Morgan fingerprint density at radius 2 is 1.93 bits per heavy atom. The first-order valence-electron chi connectivity index (χ1n) is 6.56. The van der Waals surface area contributed by atoms with Crippen LogP contribution in [-0.4, -0.2) is 23.9 Å². The summed E-state index contributed by atoms with van der Waals surface area (Å²) in [5.74, 6) is 1.73.